The van der Waals surface area contributed by atoms with E-state index in [-0.39, 0.29) is 12.8 Å². The number of nitrogens with zero attached hydrogens (tertiary/aromatic N) is 3. The molecule has 226 valence electrons. The first-order valence-electron chi connectivity index (χ1n) is 12.8. The van der Waals surface area contributed by atoms with Crippen LogP contribution in [0, 0.1) is 5.92 Å². The van der Waals surface area contributed by atoms with Crippen molar-refractivity contribution in [2.24, 2.45) is 16.6 Å². The Hall–Kier alpha value is -2.05. The van der Waals surface area contributed by atoms with Crippen molar-refractivity contribution >= 4 is 27.9 Å². The van der Waals surface area contributed by atoms with E-state index in [9.17, 15) is 28.8 Å². The van der Waals surface area contributed by atoms with Crippen LogP contribution in [0.1, 0.15) is 12.8 Å². The van der Waals surface area contributed by atoms with Gasteiger partial charge in [0.15, 0.2) is 12.3 Å². The molecule has 5 heterocycles. The molecule has 1 aliphatic carbocycles. The molecule has 18 nitrogen and oxygen atoms in total. The topological polar surface area (TPSA) is 246 Å². The summed E-state index contributed by atoms with van der Waals surface area (Å²) in [7, 11) is -9.58. The molecule has 41 heavy (non-hydrogen) atoms. The minimum Gasteiger partial charge on any atom is -0.474 e. The highest BCUT2D eigenvalue weighted by Gasteiger charge is 2.55. The van der Waals surface area contributed by atoms with Crippen molar-refractivity contribution in [2.75, 3.05) is 13.2 Å². The highest BCUT2D eigenvalue weighted by Crippen LogP contribution is 2.53. The number of rotatable bonds is 3. The van der Waals surface area contributed by atoms with Crippen molar-refractivity contribution in [3.8, 4) is 5.88 Å². The average molecular weight is 620 g/mol. The minimum absolute atomic E-state index is 0.141. The maximum absolute atomic E-state index is 13.1. The number of pyridine rings is 1. The summed E-state index contributed by atoms with van der Waals surface area (Å²) in [6.45, 7) is -1.05. The molecule has 7 N–H and O–H groups in total. The molecule has 2 bridgehead atoms. The highest BCUT2D eigenvalue weighted by atomic mass is 31.2. The zero-order valence-electron chi connectivity index (χ0n) is 21.3. The summed E-state index contributed by atoms with van der Waals surface area (Å²) in [5.41, 5.74) is 5.83. The second-order valence-electron chi connectivity index (χ2n) is 10.2. The Morgan fingerprint density at radius 2 is 1.88 bits per heavy atom. The Kier molecular flexibility index (Phi) is 7.95. The van der Waals surface area contributed by atoms with E-state index in [1.54, 1.807) is 24.4 Å². The van der Waals surface area contributed by atoms with Crippen LogP contribution in [0.5, 0.6) is 5.88 Å². The first kappa shape index (κ1) is 29.0. The molecule has 1 aromatic heterocycles. The molecule has 1 amide bonds. The van der Waals surface area contributed by atoms with Crippen LogP contribution < -0.4 is 21.1 Å². The van der Waals surface area contributed by atoms with Gasteiger partial charge in [0.05, 0.1) is 25.7 Å². The SMILES string of the molecule is NC1NC(=O)C2N=CN([C@@H]3O[C@@H]4COP(=O)(O)O[C@H]5C[C@H](Oc6ccccn6)C[C@@H]5COP(=O)(O)O[C@@H]3[C@@H]4O)C2N1. The number of phosphoric ester groups is 2. The normalized spacial score (nSPS) is 46.5. The fraction of sp³-hybridized carbons (Fsp3) is 0.667. The van der Waals surface area contributed by atoms with Gasteiger partial charge >= 0.3 is 15.6 Å². The Morgan fingerprint density at radius 3 is 2.66 bits per heavy atom. The molecule has 5 unspecified atom stereocenters. The van der Waals surface area contributed by atoms with Crippen molar-refractivity contribution in [1.82, 2.24) is 20.5 Å². The van der Waals surface area contributed by atoms with E-state index in [0.717, 1.165) is 0 Å². The van der Waals surface area contributed by atoms with Gasteiger partial charge in [0.2, 0.25) is 5.88 Å². The average Bonchev–Trinajstić information content (AvgIpc) is 3.57. The number of ether oxygens (including phenoxy) is 2. The summed E-state index contributed by atoms with van der Waals surface area (Å²) in [4.78, 5) is 43.1. The van der Waals surface area contributed by atoms with Gasteiger partial charge in [-0.05, 0) is 12.5 Å². The van der Waals surface area contributed by atoms with Crippen molar-refractivity contribution in [2.45, 2.75) is 68.1 Å². The van der Waals surface area contributed by atoms with Crippen LogP contribution in [-0.2, 0) is 36.8 Å². The lowest BCUT2D eigenvalue weighted by molar-refractivity contribution is -0.130. The number of fused-ring (bicyclic) bond motifs is 4. The standard InChI is InChI=1S/C21H30N6O12P2/c22-21-25-18-15(19(29)26-21)24-9-27(18)20-17-16(28)13(37-20)8-35-40(30,31)38-12-6-11(36-14-3-1-2-4-23-14)5-10(12)7-34-41(32,33)39-17/h1-4,9-13,15-18,20-21,25,28H,5-8,22H2,(H,26,29)(H,30,31)(H,32,33)/t10-,11-,12+,13-,15?,16-,17-,18?,20-,21?/m1/s1. The van der Waals surface area contributed by atoms with Crippen molar-refractivity contribution in [3.63, 3.8) is 0 Å². The summed E-state index contributed by atoms with van der Waals surface area (Å²) < 4.78 is 59.0. The van der Waals surface area contributed by atoms with Gasteiger partial charge in [-0.25, -0.2) is 14.1 Å². The third kappa shape index (κ3) is 6.20. The molecule has 0 spiro atoms. The van der Waals surface area contributed by atoms with Gasteiger partial charge in [0.1, 0.15) is 36.9 Å². The number of hydrogen-bond acceptors (Lipinski definition) is 15. The number of aliphatic imine (C=N–C) groups is 1. The van der Waals surface area contributed by atoms with Crippen molar-refractivity contribution < 1.29 is 56.4 Å². The number of phosphoric acid groups is 2. The van der Waals surface area contributed by atoms with Crippen molar-refractivity contribution in [1.29, 1.82) is 0 Å². The van der Waals surface area contributed by atoms with E-state index in [1.165, 1.54) is 11.2 Å². The fourth-order valence-electron chi connectivity index (χ4n) is 5.52. The van der Waals surface area contributed by atoms with E-state index >= 15 is 0 Å². The smallest absolute Gasteiger partial charge is 0.472 e. The number of nitrogens with one attached hydrogen (secondary N) is 2. The summed E-state index contributed by atoms with van der Waals surface area (Å²) in [6.07, 6.45) is -5.81. The van der Waals surface area contributed by atoms with Crippen LogP contribution in [-0.4, -0.2) is 105 Å². The van der Waals surface area contributed by atoms with Gasteiger partial charge in [-0.1, -0.05) is 6.07 Å². The second kappa shape index (κ2) is 11.2. The molecule has 1 aromatic rings. The number of amides is 1. The predicted octanol–water partition coefficient (Wildman–Crippen LogP) is -1.66. The van der Waals surface area contributed by atoms with E-state index in [2.05, 4.69) is 20.6 Å². The summed E-state index contributed by atoms with van der Waals surface area (Å²) in [6, 6.07) is 4.17. The number of aromatic nitrogens is 1. The molecular formula is C21H30N6O12P2. The van der Waals surface area contributed by atoms with Crippen LogP contribution >= 0.6 is 15.6 Å². The van der Waals surface area contributed by atoms with Crippen molar-refractivity contribution in [3.05, 3.63) is 24.4 Å². The molecule has 20 heteroatoms. The maximum atomic E-state index is 13.1. The Morgan fingerprint density at radius 1 is 1.10 bits per heavy atom. The molecule has 0 radical (unpaired) electrons. The first-order valence-corrected chi connectivity index (χ1v) is 15.8. The van der Waals surface area contributed by atoms with Crippen LogP contribution in [0.4, 0.5) is 0 Å². The fourth-order valence-corrected chi connectivity index (χ4v) is 7.49. The molecule has 4 fully saturated rings. The molecule has 0 aromatic carbocycles. The summed E-state index contributed by atoms with van der Waals surface area (Å²) in [5.74, 6) is -0.798. The van der Waals surface area contributed by atoms with Crippen LogP contribution in [0.2, 0.25) is 0 Å². The molecular weight excluding hydrogens is 590 g/mol. The van der Waals surface area contributed by atoms with E-state index in [0.29, 0.717) is 5.88 Å². The number of carbonyl (C=O) groups is 1. The zero-order chi connectivity index (χ0) is 28.9. The molecule has 1 saturated carbocycles. The lowest BCUT2D eigenvalue weighted by atomic mass is 10.1. The Labute approximate surface area is 233 Å². The number of aliphatic hydroxyl groups excluding tert-OH is 1. The van der Waals surface area contributed by atoms with Gasteiger partial charge in [-0.3, -0.25) is 38.9 Å². The third-order valence-corrected chi connectivity index (χ3v) is 9.39. The van der Waals surface area contributed by atoms with Gasteiger partial charge in [-0.15, -0.1) is 0 Å². The monoisotopic (exact) mass is 620 g/mol. The Balaban J connectivity index is 1.22. The minimum atomic E-state index is -4.86. The van der Waals surface area contributed by atoms with E-state index < -0.39 is 95.9 Å². The number of nitrogens with two attached hydrogens (primary N) is 1. The second-order valence-corrected chi connectivity index (χ2v) is 13.0. The quantitative estimate of drug-likeness (QED) is 0.207. The van der Waals surface area contributed by atoms with E-state index in [4.69, 9.17) is 33.3 Å². The third-order valence-electron chi connectivity index (χ3n) is 7.39. The molecule has 3 saturated heterocycles. The largest absolute Gasteiger partial charge is 0.474 e. The molecule has 5 aliphatic rings. The molecule has 12 atom stereocenters. The first-order chi connectivity index (χ1) is 19.5. The van der Waals surface area contributed by atoms with Gasteiger partial charge in [-0.2, -0.15) is 0 Å². The van der Waals surface area contributed by atoms with Crippen LogP contribution in [0.25, 0.3) is 0 Å². The molecule has 6 rings (SSSR count). The predicted molar refractivity (Wildman–Crippen MR) is 135 cm³/mol. The lowest BCUT2D eigenvalue weighted by Crippen LogP contribution is -2.70. The van der Waals surface area contributed by atoms with Gasteiger partial charge < -0.3 is 34.6 Å². The van der Waals surface area contributed by atoms with E-state index in [1.807, 2.05) is 0 Å². The number of carbonyl (C=O) groups excluding carboxylic acids is 1. The zero-order valence-corrected chi connectivity index (χ0v) is 23.1. The summed E-state index contributed by atoms with van der Waals surface area (Å²) in [5, 5.41) is 16.4. The van der Waals surface area contributed by atoms with Gasteiger partial charge in [0, 0.05) is 24.6 Å². The van der Waals surface area contributed by atoms with Crippen LogP contribution in [0.3, 0.4) is 0 Å². The maximum Gasteiger partial charge on any atom is 0.472 e. The van der Waals surface area contributed by atoms with Crippen LogP contribution in [0.15, 0.2) is 29.4 Å². The summed E-state index contributed by atoms with van der Waals surface area (Å²) >= 11 is 0. The molecule has 4 aliphatic heterocycles. The Bertz CT molecular complexity index is 1260. The lowest BCUT2D eigenvalue weighted by Gasteiger charge is -2.39. The van der Waals surface area contributed by atoms with Gasteiger partial charge in [0.25, 0.3) is 5.91 Å². The highest BCUT2D eigenvalue weighted by molar-refractivity contribution is 7.47. The number of hydrogen-bond donors (Lipinski definition) is 6. The number of aliphatic hydroxyl groups is 1.